The van der Waals surface area contributed by atoms with Gasteiger partial charge in [-0.25, -0.2) is 0 Å². The summed E-state index contributed by atoms with van der Waals surface area (Å²) in [6, 6.07) is 5.65. The molecule has 1 aromatic carbocycles. The number of aromatic nitrogens is 1. The summed E-state index contributed by atoms with van der Waals surface area (Å²) < 4.78 is 0. The lowest BCUT2D eigenvalue weighted by Crippen LogP contribution is -2.49. The Hall–Kier alpha value is -1.52. The molecule has 1 spiro atoms. The third kappa shape index (κ3) is 2.44. The second kappa shape index (κ2) is 5.78. The molecule has 4 nitrogen and oxygen atoms in total. The van der Waals surface area contributed by atoms with Gasteiger partial charge in [-0.3, -0.25) is 4.79 Å². The maximum absolute atomic E-state index is 13.1. The number of hydrogen-bond acceptors (Lipinski definition) is 2. The fourth-order valence-corrected chi connectivity index (χ4v) is 4.77. The summed E-state index contributed by atoms with van der Waals surface area (Å²) in [5, 5.41) is 12.1. The molecule has 5 heteroatoms. The zero-order chi connectivity index (χ0) is 16.9. The van der Waals surface area contributed by atoms with E-state index in [0.717, 1.165) is 55.1 Å². The molecule has 1 aliphatic carbocycles. The number of aliphatic hydroxyl groups is 1. The lowest BCUT2D eigenvalue weighted by Gasteiger charge is -2.42. The minimum atomic E-state index is -0.268. The Morgan fingerprint density at radius 1 is 1.38 bits per heavy atom. The van der Waals surface area contributed by atoms with Gasteiger partial charge in [0.15, 0.2) is 0 Å². The van der Waals surface area contributed by atoms with Crippen LogP contribution in [0, 0.1) is 12.3 Å². The molecular weight excluding hydrogens is 324 g/mol. The van der Waals surface area contributed by atoms with Gasteiger partial charge in [0.1, 0.15) is 5.69 Å². The number of carbonyl (C=O) groups is 1. The molecule has 1 saturated carbocycles. The number of amides is 1. The number of rotatable bonds is 1. The lowest BCUT2D eigenvalue weighted by atomic mass is 9.76. The molecule has 1 amide bonds. The maximum Gasteiger partial charge on any atom is 0.270 e. The Morgan fingerprint density at radius 3 is 2.92 bits per heavy atom. The van der Waals surface area contributed by atoms with E-state index in [9.17, 15) is 9.90 Å². The van der Waals surface area contributed by atoms with Crippen LogP contribution in [0.1, 0.15) is 48.2 Å². The molecule has 0 radical (unpaired) electrons. The van der Waals surface area contributed by atoms with Crippen LogP contribution in [0.5, 0.6) is 0 Å². The van der Waals surface area contributed by atoms with Crippen molar-refractivity contribution in [2.75, 3.05) is 13.1 Å². The van der Waals surface area contributed by atoms with Gasteiger partial charge >= 0.3 is 0 Å². The normalized spacial score (nSPS) is 27.3. The average Bonchev–Trinajstić information content (AvgIpc) is 3.08. The summed E-state index contributed by atoms with van der Waals surface area (Å²) in [6.45, 7) is 3.40. The predicted octanol–water partition coefficient (Wildman–Crippen LogP) is 3.90. The minimum absolute atomic E-state index is 0.0398. The highest BCUT2D eigenvalue weighted by Gasteiger charge is 2.45. The van der Waals surface area contributed by atoms with Crippen LogP contribution in [0.2, 0.25) is 5.02 Å². The molecule has 24 heavy (non-hydrogen) atoms. The number of halogens is 1. The van der Waals surface area contributed by atoms with Gasteiger partial charge in [0, 0.05) is 34.4 Å². The molecular formula is C19H23ClN2O2. The molecule has 4 rings (SSSR count). The summed E-state index contributed by atoms with van der Waals surface area (Å²) in [5.74, 6) is 0.0398. The number of nitrogens with zero attached hydrogens (tertiary/aromatic N) is 1. The molecule has 2 heterocycles. The van der Waals surface area contributed by atoms with Crippen molar-refractivity contribution in [2.24, 2.45) is 5.41 Å². The number of aromatic amines is 1. The summed E-state index contributed by atoms with van der Waals surface area (Å²) in [7, 11) is 0. The zero-order valence-corrected chi connectivity index (χ0v) is 14.7. The number of aliphatic hydroxyl groups excluding tert-OH is 1. The number of benzene rings is 1. The SMILES string of the molecule is Cc1c(C(=O)N2CCC[C@]3(CCC[C@H]3O)C2)[nH]c2ccc(Cl)cc12. The molecule has 2 fully saturated rings. The summed E-state index contributed by atoms with van der Waals surface area (Å²) in [5.41, 5.74) is 2.45. The van der Waals surface area contributed by atoms with Crippen molar-refractivity contribution in [3.8, 4) is 0 Å². The minimum Gasteiger partial charge on any atom is -0.392 e. The monoisotopic (exact) mass is 346 g/mol. The molecule has 2 N–H and O–H groups in total. The molecule has 0 bridgehead atoms. The highest BCUT2D eigenvalue weighted by atomic mass is 35.5. The summed E-state index contributed by atoms with van der Waals surface area (Å²) in [4.78, 5) is 18.3. The van der Waals surface area contributed by atoms with Crippen molar-refractivity contribution in [3.63, 3.8) is 0 Å². The quantitative estimate of drug-likeness (QED) is 0.822. The van der Waals surface area contributed by atoms with Gasteiger partial charge in [0.05, 0.1) is 6.10 Å². The van der Waals surface area contributed by atoms with Crippen LogP contribution in [0.4, 0.5) is 0 Å². The van der Waals surface area contributed by atoms with Crippen LogP contribution in [-0.4, -0.2) is 40.1 Å². The molecule has 128 valence electrons. The van der Waals surface area contributed by atoms with Crippen LogP contribution in [0.3, 0.4) is 0 Å². The maximum atomic E-state index is 13.1. The summed E-state index contributed by atoms with van der Waals surface area (Å²) >= 11 is 6.09. The smallest absolute Gasteiger partial charge is 0.270 e. The number of hydrogen-bond donors (Lipinski definition) is 2. The number of likely N-dealkylation sites (tertiary alicyclic amines) is 1. The van der Waals surface area contributed by atoms with Crippen LogP contribution in [-0.2, 0) is 0 Å². The average molecular weight is 347 g/mol. The van der Waals surface area contributed by atoms with Crippen molar-refractivity contribution in [1.29, 1.82) is 0 Å². The Morgan fingerprint density at radius 2 is 2.17 bits per heavy atom. The largest absolute Gasteiger partial charge is 0.392 e. The van der Waals surface area contributed by atoms with E-state index >= 15 is 0 Å². The Bertz CT molecular complexity index is 800. The molecule has 2 aliphatic rings. The van der Waals surface area contributed by atoms with Crippen LogP contribution < -0.4 is 0 Å². The first kappa shape index (κ1) is 16.0. The Balaban J connectivity index is 1.65. The van der Waals surface area contributed by atoms with E-state index in [1.807, 2.05) is 30.0 Å². The second-order valence-electron chi connectivity index (χ2n) is 7.42. The van der Waals surface area contributed by atoms with E-state index < -0.39 is 0 Å². The van der Waals surface area contributed by atoms with Crippen LogP contribution in [0.25, 0.3) is 10.9 Å². The van der Waals surface area contributed by atoms with Crippen molar-refractivity contribution < 1.29 is 9.90 Å². The number of aryl methyl sites for hydroxylation is 1. The first-order valence-electron chi connectivity index (χ1n) is 8.75. The van der Waals surface area contributed by atoms with Gasteiger partial charge in [-0.2, -0.15) is 0 Å². The van der Waals surface area contributed by atoms with E-state index in [4.69, 9.17) is 11.6 Å². The number of piperidine rings is 1. The fraction of sp³-hybridized carbons (Fsp3) is 0.526. The van der Waals surface area contributed by atoms with Gasteiger partial charge in [0.2, 0.25) is 0 Å². The standard InChI is InChI=1S/C19H23ClN2O2/c1-12-14-10-13(20)5-6-15(14)21-17(12)18(24)22-9-3-8-19(11-22)7-2-4-16(19)23/h5-6,10,16,21,23H,2-4,7-9,11H2,1H3/t16-,19-/m1/s1. The van der Waals surface area contributed by atoms with E-state index in [0.29, 0.717) is 17.3 Å². The van der Waals surface area contributed by atoms with Gasteiger partial charge < -0.3 is 15.0 Å². The predicted molar refractivity (Wildman–Crippen MR) is 95.5 cm³/mol. The zero-order valence-electron chi connectivity index (χ0n) is 13.9. The fourth-order valence-electron chi connectivity index (χ4n) is 4.60. The van der Waals surface area contributed by atoms with E-state index in [1.165, 1.54) is 0 Å². The van der Waals surface area contributed by atoms with E-state index in [-0.39, 0.29) is 17.4 Å². The van der Waals surface area contributed by atoms with E-state index in [2.05, 4.69) is 4.98 Å². The highest BCUT2D eigenvalue weighted by Crippen LogP contribution is 2.45. The van der Waals surface area contributed by atoms with Crippen molar-refractivity contribution in [1.82, 2.24) is 9.88 Å². The lowest BCUT2D eigenvalue weighted by molar-refractivity contribution is -0.00554. The summed E-state index contributed by atoms with van der Waals surface area (Å²) in [6.07, 6.45) is 4.68. The highest BCUT2D eigenvalue weighted by molar-refractivity contribution is 6.31. The molecule has 1 aliphatic heterocycles. The molecule has 2 aromatic rings. The Labute approximate surface area is 146 Å². The van der Waals surface area contributed by atoms with Crippen molar-refractivity contribution in [2.45, 2.75) is 45.1 Å². The molecule has 1 aromatic heterocycles. The third-order valence-electron chi connectivity index (χ3n) is 5.99. The number of carbonyl (C=O) groups excluding carboxylic acids is 1. The van der Waals surface area contributed by atoms with Crippen LogP contribution in [0.15, 0.2) is 18.2 Å². The first-order chi connectivity index (χ1) is 11.5. The third-order valence-corrected chi connectivity index (χ3v) is 6.22. The first-order valence-corrected chi connectivity index (χ1v) is 9.13. The topological polar surface area (TPSA) is 56.3 Å². The number of H-pyrrole nitrogens is 1. The van der Waals surface area contributed by atoms with Crippen molar-refractivity contribution >= 4 is 28.4 Å². The molecule has 2 atom stereocenters. The van der Waals surface area contributed by atoms with Gasteiger partial charge in [-0.15, -0.1) is 0 Å². The van der Waals surface area contributed by atoms with Crippen molar-refractivity contribution in [3.05, 3.63) is 34.5 Å². The van der Waals surface area contributed by atoms with Gasteiger partial charge in [0.25, 0.3) is 5.91 Å². The number of nitrogens with one attached hydrogen (secondary N) is 1. The molecule has 1 saturated heterocycles. The molecule has 0 unspecified atom stereocenters. The van der Waals surface area contributed by atoms with Gasteiger partial charge in [-0.1, -0.05) is 18.0 Å². The van der Waals surface area contributed by atoms with Gasteiger partial charge in [-0.05, 0) is 56.4 Å². The van der Waals surface area contributed by atoms with E-state index in [1.54, 1.807) is 0 Å². The van der Waals surface area contributed by atoms with Crippen LogP contribution >= 0.6 is 11.6 Å². The Kier molecular flexibility index (Phi) is 3.85. The second-order valence-corrected chi connectivity index (χ2v) is 7.85. The number of fused-ring (bicyclic) bond motifs is 1.